The fraction of sp³-hybridized carbons (Fsp3) is 0.273. The number of ether oxygens (including phenoxy) is 1. The number of carbonyl (C=O) groups is 2. The smallest absolute Gasteiger partial charge is 0.337 e. The number of fused-ring (bicyclic) bond motifs is 1. The van der Waals surface area contributed by atoms with Gasteiger partial charge in [-0.3, -0.25) is 4.79 Å². The van der Waals surface area contributed by atoms with E-state index in [2.05, 4.69) is 26.0 Å². The van der Waals surface area contributed by atoms with Crippen LogP contribution < -0.4 is 5.32 Å². The minimum atomic E-state index is -0.443. The molecule has 0 aliphatic carbocycles. The van der Waals surface area contributed by atoms with Crippen LogP contribution in [0.1, 0.15) is 26.3 Å². The largest absolute Gasteiger partial charge is 0.465 e. The highest BCUT2D eigenvalue weighted by molar-refractivity contribution is 9.10. The van der Waals surface area contributed by atoms with Crippen molar-refractivity contribution >= 4 is 27.8 Å². The van der Waals surface area contributed by atoms with Gasteiger partial charge in [-0.25, -0.2) is 4.79 Å². The maximum absolute atomic E-state index is 11.6. The van der Waals surface area contributed by atoms with Gasteiger partial charge in [0, 0.05) is 16.6 Å². The van der Waals surface area contributed by atoms with Gasteiger partial charge >= 0.3 is 5.97 Å². The topological polar surface area (TPSA) is 55.4 Å². The molecule has 1 amide bonds. The third-order valence-electron chi connectivity index (χ3n) is 2.52. The summed E-state index contributed by atoms with van der Waals surface area (Å²) in [4.78, 5) is 23.0. The molecule has 0 bridgehead atoms. The number of esters is 1. The summed E-state index contributed by atoms with van der Waals surface area (Å²) in [6.45, 7) is 0.627. The zero-order chi connectivity index (χ0) is 11.7. The molecule has 0 saturated carbocycles. The van der Waals surface area contributed by atoms with Crippen molar-refractivity contribution in [2.24, 2.45) is 0 Å². The Balaban J connectivity index is 2.55. The molecule has 0 fully saturated rings. The van der Waals surface area contributed by atoms with E-state index >= 15 is 0 Å². The highest BCUT2D eigenvalue weighted by atomic mass is 79.9. The lowest BCUT2D eigenvalue weighted by atomic mass is 9.98. The van der Waals surface area contributed by atoms with Crippen molar-refractivity contribution in [3.63, 3.8) is 0 Å². The minimum Gasteiger partial charge on any atom is -0.465 e. The van der Waals surface area contributed by atoms with E-state index < -0.39 is 5.97 Å². The molecule has 0 saturated heterocycles. The second-order valence-electron chi connectivity index (χ2n) is 3.48. The predicted molar refractivity (Wildman–Crippen MR) is 61.5 cm³/mol. The summed E-state index contributed by atoms with van der Waals surface area (Å²) in [7, 11) is 1.32. The van der Waals surface area contributed by atoms with E-state index in [1.54, 1.807) is 12.1 Å². The Kier molecular flexibility index (Phi) is 2.96. The lowest BCUT2D eigenvalue weighted by Crippen LogP contribution is -2.32. The third kappa shape index (κ3) is 1.82. The van der Waals surface area contributed by atoms with E-state index in [9.17, 15) is 9.59 Å². The van der Waals surface area contributed by atoms with E-state index in [4.69, 9.17) is 0 Å². The number of methoxy groups -OCH3 is 1. The number of rotatable bonds is 1. The minimum absolute atomic E-state index is 0.146. The maximum Gasteiger partial charge on any atom is 0.337 e. The molecule has 1 aromatic rings. The molecule has 0 spiro atoms. The highest BCUT2D eigenvalue weighted by Gasteiger charge is 2.21. The lowest BCUT2D eigenvalue weighted by Gasteiger charge is -2.18. The number of hydrogen-bond donors (Lipinski definition) is 1. The second kappa shape index (κ2) is 4.25. The Bertz CT molecular complexity index is 471. The van der Waals surface area contributed by atoms with E-state index in [-0.39, 0.29) is 5.91 Å². The number of hydrogen-bond acceptors (Lipinski definition) is 3. The second-order valence-corrected chi connectivity index (χ2v) is 4.34. The summed E-state index contributed by atoms with van der Waals surface area (Å²) >= 11 is 3.37. The van der Waals surface area contributed by atoms with Crippen molar-refractivity contribution in [3.8, 4) is 0 Å². The van der Waals surface area contributed by atoms with E-state index in [1.807, 2.05) is 0 Å². The molecule has 1 aliphatic heterocycles. The molecule has 1 aromatic carbocycles. The Morgan fingerprint density at radius 3 is 2.94 bits per heavy atom. The van der Waals surface area contributed by atoms with E-state index in [0.717, 1.165) is 16.5 Å². The van der Waals surface area contributed by atoms with Crippen molar-refractivity contribution in [1.82, 2.24) is 5.32 Å². The van der Waals surface area contributed by atoms with E-state index in [0.29, 0.717) is 17.7 Å². The summed E-state index contributed by atoms with van der Waals surface area (Å²) in [5.41, 5.74) is 1.86. The molecule has 1 heterocycles. The number of carbonyl (C=O) groups excluding carboxylic acids is 2. The molecule has 1 N–H and O–H groups in total. The molecule has 16 heavy (non-hydrogen) atoms. The van der Waals surface area contributed by atoms with Gasteiger partial charge in [0.25, 0.3) is 5.91 Å². The van der Waals surface area contributed by atoms with Crippen molar-refractivity contribution in [2.75, 3.05) is 13.7 Å². The average Bonchev–Trinajstić information content (AvgIpc) is 2.29. The molecule has 5 heteroatoms. The van der Waals surface area contributed by atoms with Gasteiger partial charge in [-0.15, -0.1) is 0 Å². The van der Waals surface area contributed by atoms with Gasteiger partial charge in [0.1, 0.15) is 0 Å². The molecule has 0 atom stereocenters. The molecule has 0 unspecified atom stereocenters. The molecular formula is C11H10BrNO3. The van der Waals surface area contributed by atoms with Gasteiger partial charge in [-0.1, -0.05) is 15.9 Å². The number of benzene rings is 1. The van der Waals surface area contributed by atoms with Gasteiger partial charge in [-0.05, 0) is 24.1 Å². The van der Waals surface area contributed by atoms with Crippen molar-refractivity contribution in [2.45, 2.75) is 6.42 Å². The zero-order valence-corrected chi connectivity index (χ0v) is 10.3. The van der Waals surface area contributed by atoms with Gasteiger partial charge in [-0.2, -0.15) is 0 Å². The quantitative estimate of drug-likeness (QED) is 0.795. The summed E-state index contributed by atoms with van der Waals surface area (Å²) in [6.07, 6.45) is 0.767. The Morgan fingerprint density at radius 2 is 2.25 bits per heavy atom. The van der Waals surface area contributed by atoms with Crippen LogP contribution in [0.25, 0.3) is 0 Å². The average molecular weight is 284 g/mol. The standard InChI is InChI=1S/C11H10BrNO3/c1-16-11(15)6-4-8-7(9(12)5-6)2-3-13-10(8)14/h4-5H,2-3H2,1H3,(H,13,14). The monoisotopic (exact) mass is 283 g/mol. The van der Waals surface area contributed by atoms with Gasteiger partial charge in [0.05, 0.1) is 12.7 Å². The third-order valence-corrected chi connectivity index (χ3v) is 3.23. The van der Waals surface area contributed by atoms with Crippen LogP contribution >= 0.6 is 15.9 Å². The Morgan fingerprint density at radius 1 is 1.50 bits per heavy atom. The van der Waals surface area contributed by atoms with Crippen LogP contribution in [-0.2, 0) is 11.2 Å². The first-order chi connectivity index (χ1) is 7.63. The molecular weight excluding hydrogens is 274 g/mol. The summed E-state index contributed by atoms with van der Waals surface area (Å²) in [6, 6.07) is 3.25. The van der Waals surface area contributed by atoms with Crippen LogP contribution in [0.5, 0.6) is 0 Å². The number of halogens is 1. The highest BCUT2D eigenvalue weighted by Crippen LogP contribution is 2.26. The predicted octanol–water partition coefficient (Wildman–Crippen LogP) is 1.52. The molecule has 0 aromatic heterocycles. The SMILES string of the molecule is COC(=O)c1cc(Br)c2c(c1)C(=O)NCC2. The normalized spacial score (nSPS) is 14.0. The summed E-state index contributed by atoms with van der Waals surface area (Å²) in [5, 5.41) is 2.74. The van der Waals surface area contributed by atoms with Crippen LogP contribution in [0.2, 0.25) is 0 Å². The van der Waals surface area contributed by atoms with Crippen molar-refractivity contribution in [3.05, 3.63) is 33.3 Å². The summed E-state index contributed by atoms with van der Waals surface area (Å²) < 4.78 is 5.40. The molecule has 84 valence electrons. The summed E-state index contributed by atoms with van der Waals surface area (Å²) in [5.74, 6) is -0.588. The van der Waals surface area contributed by atoms with Crippen LogP contribution in [0, 0.1) is 0 Å². The van der Waals surface area contributed by atoms with Crippen LogP contribution in [-0.4, -0.2) is 25.5 Å². The first-order valence-corrected chi connectivity index (χ1v) is 5.61. The number of amides is 1. The fourth-order valence-electron chi connectivity index (χ4n) is 1.73. The van der Waals surface area contributed by atoms with E-state index in [1.165, 1.54) is 7.11 Å². The zero-order valence-electron chi connectivity index (χ0n) is 8.67. The van der Waals surface area contributed by atoms with Crippen molar-refractivity contribution < 1.29 is 14.3 Å². The molecule has 2 rings (SSSR count). The molecule has 1 aliphatic rings. The Hall–Kier alpha value is -1.36. The van der Waals surface area contributed by atoms with Gasteiger partial charge in [0.15, 0.2) is 0 Å². The molecule has 0 radical (unpaired) electrons. The van der Waals surface area contributed by atoms with Crippen LogP contribution in [0.15, 0.2) is 16.6 Å². The van der Waals surface area contributed by atoms with Crippen molar-refractivity contribution in [1.29, 1.82) is 0 Å². The Labute approximate surface area is 101 Å². The van der Waals surface area contributed by atoms with Crippen LogP contribution in [0.4, 0.5) is 0 Å². The van der Waals surface area contributed by atoms with Gasteiger partial charge < -0.3 is 10.1 Å². The van der Waals surface area contributed by atoms with Gasteiger partial charge in [0.2, 0.25) is 0 Å². The lowest BCUT2D eigenvalue weighted by molar-refractivity contribution is 0.0600. The maximum atomic E-state index is 11.6. The van der Waals surface area contributed by atoms with Crippen LogP contribution in [0.3, 0.4) is 0 Å². The molecule has 4 nitrogen and oxygen atoms in total. The first-order valence-electron chi connectivity index (χ1n) is 4.82. The first kappa shape index (κ1) is 11.1. The number of nitrogens with one attached hydrogen (secondary N) is 1. The fourth-order valence-corrected chi connectivity index (χ4v) is 2.38.